The van der Waals surface area contributed by atoms with Crippen LogP contribution in [0.15, 0.2) is 206 Å². The number of pyridine rings is 1. The van der Waals surface area contributed by atoms with Gasteiger partial charge in [0.05, 0.1) is 40.7 Å². The molecule has 0 spiro atoms. The molecule has 0 amide bonds. The molecule has 0 bridgehead atoms. The molecule has 4 heteroatoms. The molecular formula is C59H44N4. The smallest absolute Gasteiger partial charge is 0.145 e. The molecule has 13 rings (SSSR count). The SMILES string of the molecule is CC1(C)C2C=CC=CC2N(c2ccc(-c3nc4c5ccccc5c5ccccc5c4n3-c3cnc(-c4c5ccccc5cc5ccccc45)c4ccccc34)cc2)C2C=CC=CC21. The van der Waals surface area contributed by atoms with Crippen molar-refractivity contribution < 1.29 is 0 Å². The summed E-state index contributed by atoms with van der Waals surface area (Å²) >= 11 is 0. The second-order valence-electron chi connectivity index (χ2n) is 18.1. The Bertz CT molecular complexity index is 3550. The molecular weight excluding hydrogens is 765 g/mol. The molecule has 1 fully saturated rings. The van der Waals surface area contributed by atoms with E-state index in [-0.39, 0.29) is 17.5 Å². The third kappa shape index (κ3) is 5.28. The monoisotopic (exact) mass is 808 g/mol. The van der Waals surface area contributed by atoms with Crippen molar-refractivity contribution in [1.82, 2.24) is 14.5 Å². The number of aromatic nitrogens is 3. The zero-order valence-electron chi connectivity index (χ0n) is 35.2. The highest BCUT2D eigenvalue weighted by Crippen LogP contribution is 2.52. The number of imidazole rings is 1. The minimum Gasteiger partial charge on any atom is -0.357 e. The first-order valence-electron chi connectivity index (χ1n) is 22.2. The van der Waals surface area contributed by atoms with Crippen molar-refractivity contribution in [2.24, 2.45) is 17.3 Å². The Morgan fingerprint density at radius 3 is 1.63 bits per heavy atom. The molecule has 4 unspecified atom stereocenters. The maximum atomic E-state index is 5.68. The largest absolute Gasteiger partial charge is 0.357 e. The van der Waals surface area contributed by atoms with E-state index in [4.69, 9.17) is 9.97 Å². The number of hydrogen-bond acceptors (Lipinski definition) is 3. The molecule has 8 aromatic carbocycles. The Morgan fingerprint density at radius 1 is 0.492 bits per heavy atom. The molecule has 1 saturated heterocycles. The van der Waals surface area contributed by atoms with Crippen LogP contribution in [0.1, 0.15) is 13.8 Å². The number of benzene rings is 8. The molecule has 2 aromatic heterocycles. The van der Waals surface area contributed by atoms with Crippen molar-refractivity contribution in [3.8, 4) is 28.3 Å². The quantitative estimate of drug-likeness (QED) is 0.131. The van der Waals surface area contributed by atoms with Crippen LogP contribution < -0.4 is 4.90 Å². The van der Waals surface area contributed by atoms with Gasteiger partial charge in [0.15, 0.2) is 0 Å². The summed E-state index contributed by atoms with van der Waals surface area (Å²) in [7, 11) is 0. The number of allylic oxidation sites excluding steroid dienone is 4. The third-order valence-corrected chi connectivity index (χ3v) is 14.6. The van der Waals surface area contributed by atoms with E-state index in [0.717, 1.165) is 60.9 Å². The van der Waals surface area contributed by atoms with Crippen molar-refractivity contribution in [3.63, 3.8) is 0 Å². The Kier molecular flexibility index (Phi) is 7.87. The summed E-state index contributed by atoms with van der Waals surface area (Å²) in [5.74, 6) is 1.67. The molecule has 3 aliphatic rings. The van der Waals surface area contributed by atoms with Gasteiger partial charge in [0, 0.05) is 50.2 Å². The first-order valence-corrected chi connectivity index (χ1v) is 22.2. The van der Waals surface area contributed by atoms with Gasteiger partial charge in [-0.25, -0.2) is 4.98 Å². The van der Waals surface area contributed by atoms with Crippen LogP contribution >= 0.6 is 0 Å². The minimum absolute atomic E-state index is 0.109. The summed E-state index contributed by atoms with van der Waals surface area (Å²) in [6, 6.07) is 55.8. The van der Waals surface area contributed by atoms with Gasteiger partial charge in [0.2, 0.25) is 0 Å². The normalized spacial score (nSPS) is 20.1. The van der Waals surface area contributed by atoms with Crippen molar-refractivity contribution in [2.75, 3.05) is 4.90 Å². The van der Waals surface area contributed by atoms with E-state index in [0.29, 0.717) is 11.8 Å². The van der Waals surface area contributed by atoms with Crippen LogP contribution in [0.2, 0.25) is 0 Å². The van der Waals surface area contributed by atoms with E-state index in [9.17, 15) is 0 Å². The first kappa shape index (κ1) is 36.1. The summed E-state index contributed by atoms with van der Waals surface area (Å²) in [6.07, 6.45) is 20.7. The molecule has 0 radical (unpaired) electrons. The Hall–Kier alpha value is -7.56. The van der Waals surface area contributed by atoms with E-state index in [1.165, 1.54) is 38.0 Å². The molecule has 3 heterocycles. The molecule has 63 heavy (non-hydrogen) atoms. The second-order valence-corrected chi connectivity index (χ2v) is 18.1. The zero-order valence-corrected chi connectivity index (χ0v) is 35.2. The lowest BCUT2D eigenvalue weighted by atomic mass is 9.59. The fourth-order valence-corrected chi connectivity index (χ4v) is 11.6. The highest BCUT2D eigenvalue weighted by atomic mass is 15.2. The van der Waals surface area contributed by atoms with Crippen molar-refractivity contribution in [1.29, 1.82) is 0 Å². The summed E-state index contributed by atoms with van der Waals surface area (Å²) in [5.41, 5.74) is 7.59. The molecule has 10 aromatic rings. The predicted molar refractivity (Wildman–Crippen MR) is 265 cm³/mol. The summed E-state index contributed by atoms with van der Waals surface area (Å²) in [5, 5.41) is 11.7. The lowest BCUT2D eigenvalue weighted by molar-refractivity contribution is 0.109. The fourth-order valence-electron chi connectivity index (χ4n) is 11.6. The fraction of sp³-hybridized carbons (Fsp3) is 0.119. The average Bonchev–Trinajstić information content (AvgIpc) is 3.74. The maximum Gasteiger partial charge on any atom is 0.145 e. The van der Waals surface area contributed by atoms with Gasteiger partial charge >= 0.3 is 0 Å². The summed E-state index contributed by atoms with van der Waals surface area (Å²) < 4.78 is 2.40. The Morgan fingerprint density at radius 2 is 1.00 bits per heavy atom. The van der Waals surface area contributed by atoms with Gasteiger partial charge < -0.3 is 4.90 Å². The van der Waals surface area contributed by atoms with Crippen LogP contribution in [0.25, 0.3) is 93.2 Å². The number of fused-ring (bicyclic) bond motifs is 11. The topological polar surface area (TPSA) is 34.0 Å². The summed E-state index contributed by atoms with van der Waals surface area (Å²) in [6.45, 7) is 4.89. The number of piperidine rings is 1. The lowest BCUT2D eigenvalue weighted by Crippen LogP contribution is -2.61. The van der Waals surface area contributed by atoms with Gasteiger partial charge in [-0.05, 0) is 68.1 Å². The van der Waals surface area contributed by atoms with Crippen molar-refractivity contribution >= 4 is 70.6 Å². The van der Waals surface area contributed by atoms with Crippen LogP contribution in [0, 0.1) is 17.3 Å². The molecule has 0 saturated carbocycles. The van der Waals surface area contributed by atoms with Gasteiger partial charge in [-0.15, -0.1) is 0 Å². The van der Waals surface area contributed by atoms with Crippen LogP contribution in [0.4, 0.5) is 5.69 Å². The first-order chi connectivity index (χ1) is 31.0. The molecule has 2 aliphatic carbocycles. The van der Waals surface area contributed by atoms with E-state index in [1.54, 1.807) is 0 Å². The van der Waals surface area contributed by atoms with Crippen LogP contribution in [-0.2, 0) is 0 Å². The molecule has 4 atom stereocenters. The molecule has 0 N–H and O–H groups in total. The molecule has 1 aliphatic heterocycles. The predicted octanol–water partition coefficient (Wildman–Crippen LogP) is 14.6. The molecule has 300 valence electrons. The van der Waals surface area contributed by atoms with E-state index < -0.39 is 0 Å². The Labute approximate surface area is 366 Å². The Balaban J connectivity index is 1.06. The van der Waals surface area contributed by atoms with Gasteiger partial charge in [0.1, 0.15) is 5.82 Å². The van der Waals surface area contributed by atoms with Gasteiger partial charge in [-0.2, -0.15) is 0 Å². The van der Waals surface area contributed by atoms with E-state index in [2.05, 4.69) is 230 Å². The van der Waals surface area contributed by atoms with Gasteiger partial charge in [-0.3, -0.25) is 9.55 Å². The number of hydrogen-bond donors (Lipinski definition) is 0. The number of rotatable bonds is 4. The zero-order chi connectivity index (χ0) is 41.8. The number of nitrogens with zero attached hydrogens (tertiary/aromatic N) is 4. The summed E-state index contributed by atoms with van der Waals surface area (Å²) in [4.78, 5) is 13.8. The average molecular weight is 809 g/mol. The van der Waals surface area contributed by atoms with Gasteiger partial charge in [-0.1, -0.05) is 184 Å². The third-order valence-electron chi connectivity index (χ3n) is 14.6. The van der Waals surface area contributed by atoms with Crippen LogP contribution in [0.5, 0.6) is 0 Å². The van der Waals surface area contributed by atoms with Crippen molar-refractivity contribution in [2.45, 2.75) is 25.9 Å². The lowest BCUT2D eigenvalue weighted by Gasteiger charge is -2.58. The molecule has 4 nitrogen and oxygen atoms in total. The second kappa shape index (κ2) is 13.7. The van der Waals surface area contributed by atoms with E-state index >= 15 is 0 Å². The van der Waals surface area contributed by atoms with Gasteiger partial charge in [0.25, 0.3) is 0 Å². The van der Waals surface area contributed by atoms with Crippen LogP contribution in [0.3, 0.4) is 0 Å². The minimum atomic E-state index is 0.109. The van der Waals surface area contributed by atoms with Crippen LogP contribution in [-0.4, -0.2) is 26.6 Å². The highest BCUT2D eigenvalue weighted by molar-refractivity contribution is 6.25. The van der Waals surface area contributed by atoms with Crippen molar-refractivity contribution in [3.05, 3.63) is 206 Å². The standard InChI is InChI=1S/C59H44N4/c1-59(2)49-27-13-15-29-51(49)62(52-30-16-14-28-50(52)59)40-33-31-37(32-34-40)58-61-56-46-24-10-7-21-43(46)44-22-8-12-26-48(44)57(56)63(58)53-36-60-55(47-25-11-9-23-45(47)53)54-41-19-5-3-17-38(41)35-39-18-4-6-20-42(39)54/h3-36,49-52H,1-2H3. The maximum absolute atomic E-state index is 5.68. The highest BCUT2D eigenvalue weighted by Gasteiger charge is 2.51. The number of anilines is 1. The van der Waals surface area contributed by atoms with E-state index in [1.807, 2.05) is 0 Å².